The lowest BCUT2D eigenvalue weighted by molar-refractivity contribution is -0.154. The van der Waals surface area contributed by atoms with Crippen molar-refractivity contribution in [2.75, 3.05) is 13.2 Å². The zero-order valence-corrected chi connectivity index (χ0v) is 17.4. The summed E-state index contributed by atoms with van der Waals surface area (Å²) in [6.45, 7) is 4.98. The summed E-state index contributed by atoms with van der Waals surface area (Å²) in [6, 6.07) is 7.56. The number of piperidine rings is 1. The Labute approximate surface area is 166 Å². The van der Waals surface area contributed by atoms with Crippen LogP contribution in [-0.2, 0) is 24.3 Å². The predicted molar refractivity (Wildman–Crippen MR) is 108 cm³/mol. The number of likely N-dealkylation sites (tertiary alicyclic amines) is 1. The van der Waals surface area contributed by atoms with Gasteiger partial charge in [-0.25, -0.2) is 13.1 Å². The SMILES string of the molecule is Cc1ccc(/C=C/S(=O)(=O)NCC(=O)OCC(=O)N2[C@H](C)CCC[C@H]2C)cc1. The average molecular weight is 409 g/mol. The Bertz CT molecular complexity index is 808. The van der Waals surface area contributed by atoms with Crippen LogP contribution in [0.5, 0.6) is 0 Å². The first-order chi connectivity index (χ1) is 13.2. The van der Waals surface area contributed by atoms with Crippen LogP contribution in [0.1, 0.15) is 44.2 Å². The van der Waals surface area contributed by atoms with Crippen LogP contribution < -0.4 is 4.72 Å². The molecule has 1 N–H and O–H groups in total. The van der Waals surface area contributed by atoms with Gasteiger partial charge in [-0.15, -0.1) is 0 Å². The van der Waals surface area contributed by atoms with Gasteiger partial charge in [-0.2, -0.15) is 0 Å². The van der Waals surface area contributed by atoms with Crippen molar-refractivity contribution in [2.45, 2.75) is 52.1 Å². The monoisotopic (exact) mass is 408 g/mol. The van der Waals surface area contributed by atoms with E-state index in [0.717, 1.165) is 35.8 Å². The van der Waals surface area contributed by atoms with Crippen molar-refractivity contribution in [3.05, 3.63) is 40.8 Å². The van der Waals surface area contributed by atoms with Crippen LogP contribution in [0.3, 0.4) is 0 Å². The minimum Gasteiger partial charge on any atom is -0.455 e. The van der Waals surface area contributed by atoms with E-state index in [2.05, 4.69) is 4.72 Å². The lowest BCUT2D eigenvalue weighted by Gasteiger charge is -2.38. The number of rotatable bonds is 7. The van der Waals surface area contributed by atoms with E-state index in [1.165, 1.54) is 6.08 Å². The van der Waals surface area contributed by atoms with Gasteiger partial charge in [-0.05, 0) is 51.7 Å². The largest absolute Gasteiger partial charge is 0.455 e. The van der Waals surface area contributed by atoms with Crippen molar-refractivity contribution >= 4 is 28.0 Å². The molecule has 2 rings (SSSR count). The maximum absolute atomic E-state index is 12.3. The normalized spacial score (nSPS) is 20.3. The summed E-state index contributed by atoms with van der Waals surface area (Å²) in [7, 11) is -3.79. The van der Waals surface area contributed by atoms with Crippen LogP contribution in [-0.4, -0.2) is 50.4 Å². The molecule has 1 fully saturated rings. The summed E-state index contributed by atoms with van der Waals surface area (Å²) in [5, 5.41) is 0.993. The maximum atomic E-state index is 12.3. The van der Waals surface area contributed by atoms with E-state index in [0.29, 0.717) is 0 Å². The topological polar surface area (TPSA) is 92.8 Å². The van der Waals surface area contributed by atoms with Crippen LogP contribution in [0.2, 0.25) is 0 Å². The molecule has 0 aliphatic carbocycles. The first-order valence-electron chi connectivity index (χ1n) is 9.39. The Morgan fingerprint density at radius 3 is 2.39 bits per heavy atom. The Morgan fingerprint density at radius 2 is 1.79 bits per heavy atom. The number of esters is 1. The molecule has 0 radical (unpaired) electrons. The molecule has 1 aliphatic rings. The van der Waals surface area contributed by atoms with Gasteiger partial charge in [-0.3, -0.25) is 9.59 Å². The van der Waals surface area contributed by atoms with E-state index >= 15 is 0 Å². The first kappa shape index (κ1) is 22.1. The summed E-state index contributed by atoms with van der Waals surface area (Å²) in [5.74, 6) is -1.05. The van der Waals surface area contributed by atoms with Gasteiger partial charge >= 0.3 is 5.97 Å². The number of carbonyl (C=O) groups excluding carboxylic acids is 2. The third-order valence-corrected chi connectivity index (χ3v) is 5.81. The molecule has 0 unspecified atom stereocenters. The number of hydrogen-bond donors (Lipinski definition) is 1. The fourth-order valence-corrected chi connectivity index (χ4v) is 3.99. The number of sulfonamides is 1. The molecule has 154 valence electrons. The van der Waals surface area contributed by atoms with Gasteiger partial charge in [0, 0.05) is 17.5 Å². The van der Waals surface area contributed by atoms with Crippen LogP contribution in [0.25, 0.3) is 6.08 Å². The number of ether oxygens (including phenoxy) is 1. The molecule has 1 aromatic carbocycles. The van der Waals surface area contributed by atoms with Gasteiger partial charge in [0.15, 0.2) is 6.61 Å². The summed E-state index contributed by atoms with van der Waals surface area (Å²) < 4.78 is 31.0. The Morgan fingerprint density at radius 1 is 1.18 bits per heavy atom. The molecule has 28 heavy (non-hydrogen) atoms. The minimum absolute atomic E-state index is 0.111. The molecule has 0 aromatic heterocycles. The molecule has 0 saturated carbocycles. The lowest BCUT2D eigenvalue weighted by atomic mass is 9.97. The Kier molecular flexibility index (Phi) is 7.77. The highest BCUT2D eigenvalue weighted by Crippen LogP contribution is 2.22. The second kappa shape index (κ2) is 9.84. The fourth-order valence-electron chi connectivity index (χ4n) is 3.23. The summed E-state index contributed by atoms with van der Waals surface area (Å²) in [5.41, 5.74) is 1.80. The Balaban J connectivity index is 1.79. The van der Waals surface area contributed by atoms with Gasteiger partial charge in [0.05, 0.1) is 0 Å². The third-order valence-electron chi connectivity index (χ3n) is 4.77. The number of carbonyl (C=O) groups is 2. The van der Waals surface area contributed by atoms with Crippen molar-refractivity contribution in [3.8, 4) is 0 Å². The van der Waals surface area contributed by atoms with Gasteiger partial charge in [0.1, 0.15) is 6.54 Å². The molecule has 1 aromatic rings. The van der Waals surface area contributed by atoms with Gasteiger partial charge in [0.25, 0.3) is 5.91 Å². The van der Waals surface area contributed by atoms with Crippen LogP contribution >= 0.6 is 0 Å². The second-order valence-electron chi connectivity index (χ2n) is 7.17. The minimum atomic E-state index is -3.79. The predicted octanol–water partition coefficient (Wildman–Crippen LogP) is 2.22. The average Bonchev–Trinajstić information content (AvgIpc) is 2.64. The third kappa shape index (κ3) is 6.76. The lowest BCUT2D eigenvalue weighted by Crippen LogP contribution is -2.49. The summed E-state index contributed by atoms with van der Waals surface area (Å²) >= 11 is 0. The number of aryl methyl sites for hydroxylation is 1. The molecule has 0 bridgehead atoms. The molecule has 0 spiro atoms. The number of hydrogen-bond acceptors (Lipinski definition) is 5. The molecule has 1 amide bonds. The molecule has 1 heterocycles. The number of nitrogens with zero attached hydrogens (tertiary/aromatic N) is 1. The van der Waals surface area contributed by atoms with Crippen molar-refractivity contribution in [1.82, 2.24) is 9.62 Å². The van der Waals surface area contributed by atoms with Gasteiger partial charge in [0.2, 0.25) is 10.0 Å². The fraction of sp³-hybridized carbons (Fsp3) is 0.500. The van der Waals surface area contributed by atoms with Crippen molar-refractivity contribution < 1.29 is 22.7 Å². The van der Waals surface area contributed by atoms with Crippen LogP contribution in [0.15, 0.2) is 29.7 Å². The quantitative estimate of drug-likeness (QED) is 0.699. The second-order valence-corrected chi connectivity index (χ2v) is 8.82. The van der Waals surface area contributed by atoms with Crippen LogP contribution in [0.4, 0.5) is 0 Å². The van der Waals surface area contributed by atoms with Crippen molar-refractivity contribution in [1.29, 1.82) is 0 Å². The molecular weight excluding hydrogens is 380 g/mol. The Hall–Kier alpha value is -2.19. The van der Waals surface area contributed by atoms with E-state index < -0.39 is 22.5 Å². The number of nitrogens with one attached hydrogen (secondary N) is 1. The van der Waals surface area contributed by atoms with Crippen molar-refractivity contribution in [2.24, 2.45) is 0 Å². The zero-order valence-electron chi connectivity index (χ0n) is 16.6. The number of amides is 1. The maximum Gasteiger partial charge on any atom is 0.321 e. The molecule has 1 aliphatic heterocycles. The van der Waals surface area contributed by atoms with Gasteiger partial charge < -0.3 is 9.64 Å². The standard InChI is InChI=1S/C20H28N2O5S/c1-15-7-9-18(10-8-15)11-12-28(25,26)21-13-20(24)27-14-19(23)22-16(2)5-4-6-17(22)3/h7-12,16-17,21H,4-6,13-14H2,1-3H3/b12-11+/t16-,17-/m1/s1. The molecular formula is C20H28N2O5S. The number of benzene rings is 1. The highest BCUT2D eigenvalue weighted by Gasteiger charge is 2.29. The summed E-state index contributed by atoms with van der Waals surface area (Å²) in [4.78, 5) is 25.9. The highest BCUT2D eigenvalue weighted by molar-refractivity contribution is 7.92. The van der Waals surface area contributed by atoms with E-state index in [4.69, 9.17) is 4.74 Å². The highest BCUT2D eigenvalue weighted by atomic mass is 32.2. The molecule has 8 heteroatoms. The molecule has 7 nitrogen and oxygen atoms in total. The molecule has 1 saturated heterocycles. The van der Waals surface area contributed by atoms with E-state index in [-0.39, 0.29) is 24.6 Å². The summed E-state index contributed by atoms with van der Waals surface area (Å²) in [6.07, 6.45) is 4.37. The van der Waals surface area contributed by atoms with E-state index in [9.17, 15) is 18.0 Å². The zero-order chi connectivity index (χ0) is 20.7. The molecule has 2 atom stereocenters. The first-order valence-corrected chi connectivity index (χ1v) is 10.9. The van der Waals surface area contributed by atoms with E-state index in [1.54, 1.807) is 17.0 Å². The van der Waals surface area contributed by atoms with Gasteiger partial charge in [-0.1, -0.05) is 29.8 Å². The van der Waals surface area contributed by atoms with E-state index in [1.807, 2.05) is 32.9 Å². The van der Waals surface area contributed by atoms with Crippen molar-refractivity contribution in [3.63, 3.8) is 0 Å². The van der Waals surface area contributed by atoms with Crippen LogP contribution in [0, 0.1) is 6.92 Å². The smallest absolute Gasteiger partial charge is 0.321 e.